The molecular formula is C8H8N4O2. The number of aromatic nitrogens is 2. The average molecular weight is 192 g/mol. The van der Waals surface area contributed by atoms with E-state index in [9.17, 15) is 9.59 Å². The second-order valence-corrected chi connectivity index (χ2v) is 2.92. The fraction of sp³-hybridized carbons (Fsp3) is 0.250. The largest absolute Gasteiger partial charge is 0.324 e. The van der Waals surface area contributed by atoms with Crippen molar-refractivity contribution >= 4 is 11.9 Å². The topological polar surface area (TPSA) is 75.2 Å². The van der Waals surface area contributed by atoms with Crippen LogP contribution in [-0.2, 0) is 11.3 Å². The van der Waals surface area contributed by atoms with Crippen molar-refractivity contribution in [3.05, 3.63) is 24.0 Å². The van der Waals surface area contributed by atoms with Gasteiger partial charge in [-0.2, -0.15) is 10.2 Å². The van der Waals surface area contributed by atoms with Crippen LogP contribution in [0.15, 0.2) is 18.3 Å². The standard InChI is InChI=1S/C8H8N4O2/c13-7-5-12(8(14)10-7)4-6-2-1-3-9-11-6/h1-3H,4-5H2,(H,10,13,14). The molecule has 1 aliphatic heterocycles. The molecule has 2 rings (SSSR count). The number of amides is 3. The van der Waals surface area contributed by atoms with Gasteiger partial charge in [-0.3, -0.25) is 10.1 Å². The molecule has 14 heavy (non-hydrogen) atoms. The summed E-state index contributed by atoms with van der Waals surface area (Å²) in [6.45, 7) is 0.404. The highest BCUT2D eigenvalue weighted by molar-refractivity contribution is 6.01. The number of carbonyl (C=O) groups excluding carboxylic acids is 2. The molecule has 0 saturated carbocycles. The predicted octanol–water partition coefficient (Wildman–Crippen LogP) is -0.472. The number of nitrogens with one attached hydrogen (secondary N) is 1. The van der Waals surface area contributed by atoms with Gasteiger partial charge in [0.1, 0.15) is 6.54 Å². The lowest BCUT2D eigenvalue weighted by molar-refractivity contribution is -0.118. The highest BCUT2D eigenvalue weighted by Crippen LogP contribution is 2.03. The van der Waals surface area contributed by atoms with Crippen molar-refractivity contribution < 1.29 is 9.59 Å². The van der Waals surface area contributed by atoms with E-state index in [4.69, 9.17) is 0 Å². The van der Waals surface area contributed by atoms with Crippen LogP contribution in [0, 0.1) is 0 Å². The van der Waals surface area contributed by atoms with E-state index in [2.05, 4.69) is 15.5 Å². The molecule has 6 heteroatoms. The van der Waals surface area contributed by atoms with E-state index in [1.54, 1.807) is 18.3 Å². The van der Waals surface area contributed by atoms with Crippen molar-refractivity contribution in [3.63, 3.8) is 0 Å². The number of nitrogens with zero attached hydrogens (tertiary/aromatic N) is 3. The van der Waals surface area contributed by atoms with Crippen LogP contribution in [0.25, 0.3) is 0 Å². The molecule has 1 saturated heterocycles. The monoisotopic (exact) mass is 192 g/mol. The van der Waals surface area contributed by atoms with Gasteiger partial charge in [0.2, 0.25) is 5.91 Å². The highest BCUT2D eigenvalue weighted by atomic mass is 16.2. The maximum atomic E-state index is 11.1. The smallest absolute Gasteiger partial charge is 0.309 e. The quantitative estimate of drug-likeness (QED) is 0.642. The summed E-state index contributed by atoms with van der Waals surface area (Å²) in [5.41, 5.74) is 0.664. The zero-order valence-electron chi connectivity index (χ0n) is 7.30. The van der Waals surface area contributed by atoms with E-state index in [0.29, 0.717) is 12.2 Å². The predicted molar refractivity (Wildman–Crippen MR) is 46.0 cm³/mol. The first-order chi connectivity index (χ1) is 6.75. The Hall–Kier alpha value is -1.98. The number of hydrogen-bond acceptors (Lipinski definition) is 4. The molecule has 6 nitrogen and oxygen atoms in total. The van der Waals surface area contributed by atoms with Gasteiger partial charge in [0.15, 0.2) is 0 Å². The minimum Gasteiger partial charge on any atom is -0.309 e. The minimum atomic E-state index is -0.374. The van der Waals surface area contributed by atoms with E-state index in [0.717, 1.165) is 0 Å². The fourth-order valence-electron chi connectivity index (χ4n) is 1.22. The fourth-order valence-corrected chi connectivity index (χ4v) is 1.22. The van der Waals surface area contributed by atoms with Gasteiger partial charge in [0.05, 0.1) is 12.2 Å². The maximum Gasteiger partial charge on any atom is 0.324 e. The molecule has 0 aliphatic carbocycles. The third-order valence-electron chi connectivity index (χ3n) is 1.85. The lowest BCUT2D eigenvalue weighted by Crippen LogP contribution is -2.28. The minimum absolute atomic E-state index is 0.0927. The number of rotatable bonds is 2. The van der Waals surface area contributed by atoms with Gasteiger partial charge < -0.3 is 4.90 Å². The first-order valence-corrected chi connectivity index (χ1v) is 4.11. The van der Waals surface area contributed by atoms with Gasteiger partial charge >= 0.3 is 6.03 Å². The molecule has 1 N–H and O–H groups in total. The zero-order chi connectivity index (χ0) is 9.97. The molecule has 0 aromatic carbocycles. The Morgan fingerprint density at radius 2 is 2.36 bits per heavy atom. The molecule has 1 aliphatic rings. The van der Waals surface area contributed by atoms with Crippen molar-refractivity contribution in [2.24, 2.45) is 0 Å². The van der Waals surface area contributed by atoms with Crippen LogP contribution in [0.4, 0.5) is 4.79 Å². The number of carbonyl (C=O) groups is 2. The summed E-state index contributed by atoms with van der Waals surface area (Å²) in [5, 5.41) is 9.68. The second-order valence-electron chi connectivity index (χ2n) is 2.92. The number of hydrogen-bond donors (Lipinski definition) is 1. The van der Waals surface area contributed by atoms with Gasteiger partial charge in [-0.25, -0.2) is 4.79 Å². The van der Waals surface area contributed by atoms with E-state index in [1.807, 2.05) is 0 Å². The summed E-state index contributed by atoms with van der Waals surface area (Å²) in [6, 6.07) is 3.11. The van der Waals surface area contributed by atoms with E-state index in [-0.39, 0.29) is 18.5 Å². The second kappa shape index (κ2) is 3.41. The Labute approximate surface area is 79.9 Å². The molecule has 72 valence electrons. The summed E-state index contributed by atoms with van der Waals surface area (Å²) in [5.74, 6) is -0.279. The highest BCUT2D eigenvalue weighted by Gasteiger charge is 2.26. The van der Waals surface area contributed by atoms with Gasteiger partial charge in [0, 0.05) is 6.20 Å². The lowest BCUT2D eigenvalue weighted by atomic mass is 10.3. The summed E-state index contributed by atoms with van der Waals surface area (Å²) in [7, 11) is 0. The molecule has 0 spiro atoms. The summed E-state index contributed by atoms with van der Waals surface area (Å²) in [6.07, 6.45) is 1.55. The maximum absolute atomic E-state index is 11.1. The van der Waals surface area contributed by atoms with Crippen LogP contribution >= 0.6 is 0 Å². The third-order valence-corrected chi connectivity index (χ3v) is 1.85. The van der Waals surface area contributed by atoms with Gasteiger partial charge in [-0.1, -0.05) is 0 Å². The normalized spacial score (nSPS) is 15.9. The third kappa shape index (κ3) is 1.68. The van der Waals surface area contributed by atoms with Crippen molar-refractivity contribution in [2.75, 3.05) is 6.54 Å². The van der Waals surface area contributed by atoms with Crippen LogP contribution in [0.2, 0.25) is 0 Å². The molecule has 3 amide bonds. The van der Waals surface area contributed by atoms with Crippen molar-refractivity contribution in [1.82, 2.24) is 20.4 Å². The summed E-state index contributed by atoms with van der Waals surface area (Å²) >= 11 is 0. The SMILES string of the molecule is O=C1CN(Cc2cccnn2)C(=O)N1. The Bertz CT molecular complexity index is 365. The molecule has 2 heterocycles. The van der Waals surface area contributed by atoms with Crippen LogP contribution in [-0.4, -0.2) is 33.6 Å². The van der Waals surface area contributed by atoms with Gasteiger partial charge in [-0.05, 0) is 12.1 Å². The van der Waals surface area contributed by atoms with Crippen LogP contribution < -0.4 is 5.32 Å². The summed E-state index contributed by atoms with van der Waals surface area (Å²) < 4.78 is 0. The van der Waals surface area contributed by atoms with E-state index < -0.39 is 0 Å². The van der Waals surface area contributed by atoms with Crippen LogP contribution in [0.3, 0.4) is 0 Å². The Morgan fingerprint density at radius 1 is 1.50 bits per heavy atom. The molecule has 1 fully saturated rings. The Kier molecular flexibility index (Phi) is 2.10. The Balaban J connectivity index is 2.05. The lowest BCUT2D eigenvalue weighted by Gasteiger charge is -2.10. The molecule has 0 bridgehead atoms. The van der Waals surface area contributed by atoms with E-state index >= 15 is 0 Å². The van der Waals surface area contributed by atoms with Crippen molar-refractivity contribution in [2.45, 2.75) is 6.54 Å². The first-order valence-electron chi connectivity index (χ1n) is 4.11. The molecular weight excluding hydrogens is 184 g/mol. The summed E-state index contributed by atoms with van der Waals surface area (Å²) in [4.78, 5) is 23.4. The molecule has 1 aromatic rings. The molecule has 0 radical (unpaired) electrons. The first kappa shape index (κ1) is 8.61. The average Bonchev–Trinajstić information content (AvgIpc) is 2.47. The van der Waals surface area contributed by atoms with Crippen LogP contribution in [0.5, 0.6) is 0 Å². The zero-order valence-corrected chi connectivity index (χ0v) is 7.30. The Morgan fingerprint density at radius 3 is 2.93 bits per heavy atom. The molecule has 0 atom stereocenters. The number of imide groups is 1. The number of urea groups is 1. The van der Waals surface area contributed by atoms with Gasteiger partial charge in [-0.15, -0.1) is 0 Å². The van der Waals surface area contributed by atoms with Crippen molar-refractivity contribution in [1.29, 1.82) is 0 Å². The van der Waals surface area contributed by atoms with Crippen LogP contribution in [0.1, 0.15) is 5.69 Å². The van der Waals surface area contributed by atoms with Gasteiger partial charge in [0.25, 0.3) is 0 Å². The molecule has 1 aromatic heterocycles. The molecule has 0 unspecified atom stereocenters. The van der Waals surface area contributed by atoms with E-state index in [1.165, 1.54) is 4.90 Å². The van der Waals surface area contributed by atoms with Crippen molar-refractivity contribution in [3.8, 4) is 0 Å².